The number of aromatic nitrogens is 1. The van der Waals surface area contributed by atoms with E-state index in [0.717, 1.165) is 41.7 Å². The zero-order chi connectivity index (χ0) is 34.1. The summed E-state index contributed by atoms with van der Waals surface area (Å²) in [5.41, 5.74) is 4.31. The first-order valence-corrected chi connectivity index (χ1v) is 20.2. The van der Waals surface area contributed by atoms with Crippen molar-refractivity contribution in [3.8, 4) is 5.75 Å². The number of aromatic amines is 1. The molecule has 8 nitrogen and oxygen atoms in total. The lowest BCUT2D eigenvalue weighted by Gasteiger charge is -2.39. The monoisotopic (exact) mass is 668 g/mol. The smallest absolute Gasteiger partial charge is 0.251 e. The summed E-state index contributed by atoms with van der Waals surface area (Å²) in [4.78, 5) is 30.7. The fourth-order valence-electron chi connectivity index (χ4n) is 5.87. The number of benzene rings is 3. The minimum absolute atomic E-state index is 0.0122. The number of hydrogen-bond acceptors (Lipinski definition) is 6. The van der Waals surface area contributed by atoms with Crippen molar-refractivity contribution in [1.29, 1.82) is 0 Å². The molecule has 0 bridgehead atoms. The molecular weight excluding hydrogens is 617 g/mol. The summed E-state index contributed by atoms with van der Waals surface area (Å²) in [6.45, 7) is 16.7. The highest BCUT2D eigenvalue weighted by molar-refractivity contribution is 6.74. The van der Waals surface area contributed by atoms with Gasteiger partial charge in [-0.05, 0) is 85.0 Å². The molecule has 3 N–H and O–H groups in total. The van der Waals surface area contributed by atoms with Crippen molar-refractivity contribution in [2.45, 2.75) is 77.4 Å². The summed E-state index contributed by atoms with van der Waals surface area (Å²) >= 11 is 0. The molecule has 1 amide bonds. The van der Waals surface area contributed by atoms with Gasteiger partial charge >= 0.3 is 0 Å². The first kappa shape index (κ1) is 35.5. The number of carbonyl (C=O) groups is 1. The van der Waals surface area contributed by atoms with Crippen LogP contribution in [0.15, 0.2) is 83.7 Å². The Morgan fingerprint density at radius 1 is 0.917 bits per heavy atom. The molecule has 0 radical (unpaired) electrons. The predicted molar refractivity (Wildman–Crippen MR) is 197 cm³/mol. The Hall–Kier alpha value is -3.76. The number of amides is 1. The Balaban J connectivity index is 1.28. The van der Waals surface area contributed by atoms with E-state index in [9.17, 15) is 9.59 Å². The Morgan fingerprint density at radius 2 is 1.65 bits per heavy atom. The van der Waals surface area contributed by atoms with E-state index >= 15 is 0 Å². The summed E-state index contributed by atoms with van der Waals surface area (Å²) in [6.07, 6.45) is 3.55. The lowest BCUT2D eigenvalue weighted by Crippen LogP contribution is -2.43. The Bertz CT molecular complexity index is 1690. The number of rotatable bonds is 14. The molecule has 1 aromatic heterocycles. The SMILES string of the molecule is CC(C)(C)[Si](C)(C)OC(CNCc1ccc(C(=O)NCCN2CCCCC2)cc1)c1ccc(OCc2ccccc2)c2[nH]c(=O)ccc12. The molecule has 2 heterocycles. The third-order valence-electron chi connectivity index (χ3n) is 9.75. The van der Waals surface area contributed by atoms with Crippen LogP contribution in [0.1, 0.15) is 73.2 Å². The number of H-pyrrole nitrogens is 1. The first-order chi connectivity index (χ1) is 23.0. The quantitative estimate of drug-likeness (QED) is 0.123. The summed E-state index contributed by atoms with van der Waals surface area (Å²) < 4.78 is 13.3. The molecule has 1 aliphatic heterocycles. The lowest BCUT2D eigenvalue weighted by molar-refractivity contribution is 0.0946. The van der Waals surface area contributed by atoms with Crippen molar-refractivity contribution in [1.82, 2.24) is 20.5 Å². The van der Waals surface area contributed by atoms with E-state index in [1.54, 1.807) is 6.07 Å². The van der Waals surface area contributed by atoms with Crippen LogP contribution in [0.4, 0.5) is 0 Å². The van der Waals surface area contributed by atoms with Gasteiger partial charge in [-0.15, -0.1) is 0 Å². The highest BCUT2D eigenvalue weighted by Crippen LogP contribution is 2.41. The Kier molecular flexibility index (Phi) is 11.9. The van der Waals surface area contributed by atoms with Gasteiger partial charge in [0.15, 0.2) is 8.32 Å². The third-order valence-corrected chi connectivity index (χ3v) is 14.2. The van der Waals surface area contributed by atoms with E-state index in [1.165, 1.54) is 19.3 Å². The molecule has 256 valence electrons. The maximum Gasteiger partial charge on any atom is 0.251 e. The molecule has 1 atom stereocenters. The van der Waals surface area contributed by atoms with Crippen LogP contribution in [0, 0.1) is 0 Å². The molecule has 4 aromatic rings. The van der Waals surface area contributed by atoms with E-state index in [1.807, 2.05) is 66.7 Å². The van der Waals surface area contributed by atoms with E-state index in [0.29, 0.717) is 43.1 Å². The second kappa shape index (κ2) is 16.1. The van der Waals surface area contributed by atoms with Gasteiger partial charge in [0, 0.05) is 43.2 Å². The van der Waals surface area contributed by atoms with Gasteiger partial charge < -0.3 is 29.7 Å². The average molecular weight is 669 g/mol. The minimum atomic E-state index is -2.18. The topological polar surface area (TPSA) is 95.7 Å². The maximum atomic E-state index is 12.7. The third kappa shape index (κ3) is 9.44. The number of likely N-dealkylation sites (tertiary alicyclic amines) is 1. The van der Waals surface area contributed by atoms with Crippen LogP contribution < -0.4 is 20.9 Å². The molecule has 5 rings (SSSR count). The minimum Gasteiger partial charge on any atom is -0.487 e. The van der Waals surface area contributed by atoms with Gasteiger partial charge in [0.2, 0.25) is 5.56 Å². The van der Waals surface area contributed by atoms with Crippen molar-refractivity contribution in [3.63, 3.8) is 0 Å². The second-order valence-electron chi connectivity index (χ2n) is 14.4. The van der Waals surface area contributed by atoms with Gasteiger partial charge in [0.25, 0.3) is 5.91 Å². The van der Waals surface area contributed by atoms with Gasteiger partial charge in [-0.25, -0.2) is 0 Å². The van der Waals surface area contributed by atoms with Gasteiger partial charge in [-0.1, -0.05) is 75.7 Å². The van der Waals surface area contributed by atoms with Crippen molar-refractivity contribution in [3.05, 3.63) is 111 Å². The largest absolute Gasteiger partial charge is 0.487 e. The molecule has 0 aliphatic carbocycles. The second-order valence-corrected chi connectivity index (χ2v) is 19.1. The fraction of sp³-hybridized carbons (Fsp3) is 0.436. The molecule has 9 heteroatoms. The molecule has 0 saturated carbocycles. The van der Waals surface area contributed by atoms with E-state index in [4.69, 9.17) is 9.16 Å². The van der Waals surface area contributed by atoms with Crippen LogP contribution >= 0.6 is 0 Å². The zero-order valence-corrected chi connectivity index (χ0v) is 30.2. The predicted octanol–water partition coefficient (Wildman–Crippen LogP) is 7.18. The van der Waals surface area contributed by atoms with Crippen LogP contribution in [-0.2, 0) is 17.6 Å². The molecule has 1 aliphatic rings. The number of fused-ring (bicyclic) bond motifs is 1. The van der Waals surface area contributed by atoms with Gasteiger partial charge in [-0.3, -0.25) is 9.59 Å². The average Bonchev–Trinajstić information content (AvgIpc) is 3.07. The van der Waals surface area contributed by atoms with Crippen molar-refractivity contribution in [2.75, 3.05) is 32.7 Å². The standard InChI is InChI=1S/C39H52N4O4Si/c1-39(2,3)48(4,5)47-35(27-40-26-29-14-16-31(17-15-29)38(45)41-22-25-43-23-10-7-11-24-43)32-18-20-34(37-33(32)19-21-36(44)42-37)46-28-30-12-8-6-9-13-30/h6,8-9,12-21,35,40H,7,10-11,22-28H2,1-5H3,(H,41,45)(H,42,44). The number of pyridine rings is 1. The normalized spacial score (nSPS) is 14.9. The molecule has 1 fully saturated rings. The first-order valence-electron chi connectivity index (χ1n) is 17.3. The number of ether oxygens (including phenoxy) is 1. The van der Waals surface area contributed by atoms with E-state index in [-0.39, 0.29) is 22.6 Å². The van der Waals surface area contributed by atoms with E-state index in [2.05, 4.69) is 60.4 Å². The molecule has 1 unspecified atom stereocenters. The van der Waals surface area contributed by atoms with Crippen LogP contribution in [0.3, 0.4) is 0 Å². The van der Waals surface area contributed by atoms with Gasteiger partial charge in [0.1, 0.15) is 12.4 Å². The van der Waals surface area contributed by atoms with Crippen LogP contribution in [-0.4, -0.2) is 56.8 Å². The fourth-order valence-corrected chi connectivity index (χ4v) is 7.14. The molecule has 3 aromatic carbocycles. The van der Waals surface area contributed by atoms with Crippen molar-refractivity contribution < 1.29 is 14.0 Å². The van der Waals surface area contributed by atoms with Crippen molar-refractivity contribution in [2.24, 2.45) is 0 Å². The Morgan fingerprint density at radius 3 is 2.35 bits per heavy atom. The van der Waals surface area contributed by atoms with E-state index < -0.39 is 8.32 Å². The van der Waals surface area contributed by atoms with Gasteiger partial charge in [-0.2, -0.15) is 0 Å². The summed E-state index contributed by atoms with van der Waals surface area (Å²) in [7, 11) is -2.18. The highest BCUT2D eigenvalue weighted by atomic mass is 28.4. The maximum absolute atomic E-state index is 12.7. The van der Waals surface area contributed by atoms with Crippen LogP contribution in [0.25, 0.3) is 10.9 Å². The summed E-state index contributed by atoms with van der Waals surface area (Å²) in [5.74, 6) is 0.598. The van der Waals surface area contributed by atoms with Crippen LogP contribution in [0.2, 0.25) is 18.1 Å². The summed E-state index contributed by atoms with van der Waals surface area (Å²) in [5, 5.41) is 7.61. The molecule has 1 saturated heterocycles. The molecular formula is C39H52N4O4Si. The molecule has 0 spiro atoms. The van der Waals surface area contributed by atoms with Crippen LogP contribution in [0.5, 0.6) is 5.75 Å². The number of piperidine rings is 1. The lowest BCUT2D eigenvalue weighted by atomic mass is 10.0. The number of hydrogen-bond donors (Lipinski definition) is 3. The van der Waals surface area contributed by atoms with Crippen molar-refractivity contribution >= 4 is 25.1 Å². The number of nitrogens with zero attached hydrogens (tertiary/aromatic N) is 1. The van der Waals surface area contributed by atoms with Gasteiger partial charge in [0.05, 0.1) is 11.6 Å². The highest BCUT2D eigenvalue weighted by Gasteiger charge is 2.39. The summed E-state index contributed by atoms with van der Waals surface area (Å²) in [6, 6.07) is 25.3. The number of nitrogens with one attached hydrogen (secondary N) is 3. The molecule has 48 heavy (non-hydrogen) atoms. The zero-order valence-electron chi connectivity index (χ0n) is 29.2. The number of carbonyl (C=O) groups excluding carboxylic acids is 1. The Labute approximate surface area is 286 Å².